The van der Waals surface area contributed by atoms with Crippen molar-refractivity contribution in [2.75, 3.05) is 7.11 Å². The minimum absolute atomic E-state index is 0.138. The maximum Gasteiger partial charge on any atom is 0.233 e. The Morgan fingerprint density at radius 2 is 2.10 bits per heavy atom. The van der Waals surface area contributed by atoms with Crippen LogP contribution in [0.3, 0.4) is 0 Å². The van der Waals surface area contributed by atoms with E-state index in [0.29, 0.717) is 35.1 Å². The zero-order valence-electron chi connectivity index (χ0n) is 11.8. The Bertz CT molecular complexity index is 639. The monoisotopic (exact) mass is 287 g/mol. The highest BCUT2D eigenvalue weighted by Crippen LogP contribution is 2.51. The van der Waals surface area contributed by atoms with E-state index >= 15 is 0 Å². The van der Waals surface area contributed by atoms with E-state index in [9.17, 15) is 0 Å². The third-order valence-electron chi connectivity index (χ3n) is 4.79. The molecule has 0 radical (unpaired) electrons. The Balaban J connectivity index is 1.60. The number of ether oxygens (including phenoxy) is 1. The lowest BCUT2D eigenvalue weighted by atomic mass is 9.85. The number of aromatic nitrogens is 4. The summed E-state index contributed by atoms with van der Waals surface area (Å²) in [6.45, 7) is 0. The highest BCUT2D eigenvalue weighted by molar-refractivity contribution is 5.47. The van der Waals surface area contributed by atoms with Crippen LogP contribution in [-0.2, 0) is 0 Å². The quantitative estimate of drug-likeness (QED) is 0.910. The smallest absolute Gasteiger partial charge is 0.233 e. The standard InChI is InChI=1S/C14H17N5O2/c1-20-10-5-4-9(17-18-10)13-16-14(21-19-13)11-7-2-3-8(6-7)12(11)15/h4-5,7-8,11-12H,2-3,6,15H2,1H3. The molecule has 2 N–H and O–H groups in total. The summed E-state index contributed by atoms with van der Waals surface area (Å²) in [5, 5.41) is 12.0. The van der Waals surface area contributed by atoms with Crippen molar-refractivity contribution in [3.05, 3.63) is 18.0 Å². The molecule has 0 saturated heterocycles. The Morgan fingerprint density at radius 3 is 2.76 bits per heavy atom. The van der Waals surface area contributed by atoms with Crippen molar-refractivity contribution in [3.63, 3.8) is 0 Å². The van der Waals surface area contributed by atoms with Crippen LogP contribution in [0.25, 0.3) is 11.5 Å². The summed E-state index contributed by atoms with van der Waals surface area (Å²) in [6.07, 6.45) is 3.63. The number of rotatable bonds is 3. The molecule has 4 unspecified atom stereocenters. The van der Waals surface area contributed by atoms with Gasteiger partial charge in [-0.25, -0.2) is 0 Å². The van der Waals surface area contributed by atoms with E-state index in [-0.39, 0.29) is 12.0 Å². The van der Waals surface area contributed by atoms with Gasteiger partial charge < -0.3 is 15.0 Å². The molecule has 2 aliphatic rings. The second-order valence-electron chi connectivity index (χ2n) is 5.85. The number of nitrogens with two attached hydrogens (primary N) is 1. The number of nitrogens with zero attached hydrogens (tertiary/aromatic N) is 4. The van der Waals surface area contributed by atoms with Gasteiger partial charge in [-0.05, 0) is 37.2 Å². The molecule has 2 aromatic heterocycles. The van der Waals surface area contributed by atoms with Crippen molar-refractivity contribution in [3.8, 4) is 17.4 Å². The molecule has 4 rings (SSSR count). The van der Waals surface area contributed by atoms with Crippen LogP contribution < -0.4 is 10.5 Å². The lowest BCUT2D eigenvalue weighted by molar-refractivity contribution is 0.279. The van der Waals surface area contributed by atoms with Crippen molar-refractivity contribution < 1.29 is 9.26 Å². The van der Waals surface area contributed by atoms with Crippen LogP contribution in [-0.4, -0.2) is 33.5 Å². The lowest BCUT2D eigenvalue weighted by Crippen LogP contribution is -2.34. The van der Waals surface area contributed by atoms with Gasteiger partial charge in [-0.1, -0.05) is 5.16 Å². The maximum absolute atomic E-state index is 6.31. The number of fused-ring (bicyclic) bond motifs is 2. The molecule has 4 atom stereocenters. The predicted molar refractivity (Wildman–Crippen MR) is 73.4 cm³/mol. The van der Waals surface area contributed by atoms with Gasteiger partial charge in [0, 0.05) is 12.1 Å². The molecule has 110 valence electrons. The zero-order chi connectivity index (χ0) is 14.4. The van der Waals surface area contributed by atoms with Gasteiger partial charge in [0.1, 0.15) is 5.69 Å². The van der Waals surface area contributed by atoms with Crippen LogP contribution in [0.15, 0.2) is 16.7 Å². The predicted octanol–water partition coefficient (Wildman–Crippen LogP) is 1.38. The van der Waals surface area contributed by atoms with Crippen molar-refractivity contribution in [2.45, 2.75) is 31.2 Å². The molecule has 0 amide bonds. The van der Waals surface area contributed by atoms with Crippen molar-refractivity contribution in [1.82, 2.24) is 20.3 Å². The molecule has 0 aliphatic heterocycles. The first-order valence-electron chi connectivity index (χ1n) is 7.23. The van der Waals surface area contributed by atoms with Gasteiger partial charge in [0.2, 0.25) is 17.6 Å². The summed E-state index contributed by atoms with van der Waals surface area (Å²) in [5.41, 5.74) is 6.88. The first kappa shape index (κ1) is 12.7. The van der Waals surface area contributed by atoms with E-state index in [1.807, 2.05) is 0 Å². The maximum atomic E-state index is 6.31. The van der Waals surface area contributed by atoms with Gasteiger partial charge in [-0.2, -0.15) is 4.98 Å². The molecule has 2 fully saturated rings. The Kier molecular flexibility index (Phi) is 2.88. The fraction of sp³-hybridized carbons (Fsp3) is 0.571. The molecule has 2 aliphatic carbocycles. The molecule has 2 bridgehead atoms. The lowest BCUT2D eigenvalue weighted by Gasteiger charge is -2.24. The Labute approximate surface area is 121 Å². The Morgan fingerprint density at radius 1 is 1.24 bits per heavy atom. The molecule has 2 aromatic rings. The fourth-order valence-corrected chi connectivity index (χ4v) is 3.73. The molecule has 0 aromatic carbocycles. The summed E-state index contributed by atoms with van der Waals surface area (Å²) >= 11 is 0. The highest BCUT2D eigenvalue weighted by atomic mass is 16.5. The normalized spacial score (nSPS) is 30.8. The molecule has 21 heavy (non-hydrogen) atoms. The average molecular weight is 287 g/mol. The van der Waals surface area contributed by atoms with Crippen molar-refractivity contribution >= 4 is 0 Å². The first-order valence-corrected chi connectivity index (χ1v) is 7.23. The molecular weight excluding hydrogens is 270 g/mol. The second kappa shape index (κ2) is 4.77. The van der Waals surface area contributed by atoms with Gasteiger partial charge in [0.25, 0.3) is 0 Å². The van der Waals surface area contributed by atoms with Crippen LogP contribution in [0, 0.1) is 11.8 Å². The molecule has 7 heteroatoms. The molecule has 0 spiro atoms. The van der Waals surface area contributed by atoms with Crippen molar-refractivity contribution in [2.24, 2.45) is 17.6 Å². The topological polar surface area (TPSA) is 100.0 Å². The van der Waals surface area contributed by atoms with Crippen LogP contribution >= 0.6 is 0 Å². The summed E-state index contributed by atoms with van der Waals surface area (Å²) in [4.78, 5) is 4.49. The largest absolute Gasteiger partial charge is 0.480 e. The van der Waals surface area contributed by atoms with Gasteiger partial charge in [-0.15, -0.1) is 10.2 Å². The van der Waals surface area contributed by atoms with Gasteiger partial charge >= 0.3 is 0 Å². The molecule has 2 heterocycles. The number of hydrogen-bond donors (Lipinski definition) is 1. The van der Waals surface area contributed by atoms with E-state index < -0.39 is 0 Å². The molecule has 2 saturated carbocycles. The van der Waals surface area contributed by atoms with E-state index in [1.165, 1.54) is 19.3 Å². The van der Waals surface area contributed by atoms with E-state index in [1.54, 1.807) is 19.2 Å². The van der Waals surface area contributed by atoms with E-state index in [4.69, 9.17) is 15.0 Å². The zero-order valence-corrected chi connectivity index (χ0v) is 11.8. The Hall–Kier alpha value is -2.02. The minimum atomic E-state index is 0.138. The van der Waals surface area contributed by atoms with E-state index in [2.05, 4.69) is 20.3 Å². The SMILES string of the molecule is COc1ccc(-c2noc(C3C4CCC(C4)C3N)n2)nn1. The van der Waals surface area contributed by atoms with Crippen molar-refractivity contribution in [1.29, 1.82) is 0 Å². The van der Waals surface area contributed by atoms with Crippen LogP contribution in [0.1, 0.15) is 31.1 Å². The summed E-state index contributed by atoms with van der Waals surface area (Å²) < 4.78 is 10.4. The summed E-state index contributed by atoms with van der Waals surface area (Å²) in [6, 6.07) is 3.63. The molecular formula is C14H17N5O2. The minimum Gasteiger partial charge on any atom is -0.480 e. The van der Waals surface area contributed by atoms with Crippen LogP contribution in [0.5, 0.6) is 5.88 Å². The first-order chi connectivity index (χ1) is 10.3. The third kappa shape index (κ3) is 1.99. The van der Waals surface area contributed by atoms with E-state index in [0.717, 1.165) is 0 Å². The van der Waals surface area contributed by atoms with Crippen LogP contribution in [0.4, 0.5) is 0 Å². The third-order valence-corrected chi connectivity index (χ3v) is 4.79. The molecule has 7 nitrogen and oxygen atoms in total. The average Bonchev–Trinajstić information content (AvgIpc) is 3.22. The second-order valence-corrected chi connectivity index (χ2v) is 5.85. The number of hydrogen-bond acceptors (Lipinski definition) is 7. The van der Waals surface area contributed by atoms with Gasteiger partial charge in [-0.3, -0.25) is 0 Å². The van der Waals surface area contributed by atoms with Crippen LogP contribution in [0.2, 0.25) is 0 Å². The number of methoxy groups -OCH3 is 1. The summed E-state index contributed by atoms with van der Waals surface area (Å²) in [5.74, 6) is 2.93. The summed E-state index contributed by atoms with van der Waals surface area (Å²) in [7, 11) is 1.55. The highest BCUT2D eigenvalue weighted by Gasteiger charge is 2.48. The van der Waals surface area contributed by atoms with Gasteiger partial charge in [0.05, 0.1) is 13.0 Å². The van der Waals surface area contributed by atoms with Gasteiger partial charge in [0.15, 0.2) is 0 Å². The fourth-order valence-electron chi connectivity index (χ4n) is 3.73.